The molecule has 3 atom stereocenters. The van der Waals surface area contributed by atoms with Gasteiger partial charge in [0.2, 0.25) is 17.8 Å². The maximum absolute atomic E-state index is 13.3. The van der Waals surface area contributed by atoms with E-state index in [0.29, 0.717) is 42.8 Å². The quantitative estimate of drug-likeness (QED) is 0.117. The van der Waals surface area contributed by atoms with Crippen molar-refractivity contribution in [2.45, 2.75) is 77.0 Å². The summed E-state index contributed by atoms with van der Waals surface area (Å²) in [5.74, 6) is 0.0655. The van der Waals surface area contributed by atoms with Crippen molar-refractivity contribution in [3.05, 3.63) is 71.5 Å². The van der Waals surface area contributed by atoms with Gasteiger partial charge in [0.25, 0.3) is 11.8 Å². The topological polar surface area (TPSA) is 196 Å². The Morgan fingerprint density at radius 3 is 2.45 bits per heavy atom. The molecule has 4 aromatic rings. The van der Waals surface area contributed by atoms with Crippen LogP contribution in [-0.2, 0) is 24.2 Å². The van der Waals surface area contributed by atoms with Crippen LogP contribution >= 0.6 is 0 Å². The number of methoxy groups -OCH3 is 1. The lowest BCUT2D eigenvalue weighted by Crippen LogP contribution is -2.57. The van der Waals surface area contributed by atoms with E-state index in [1.807, 2.05) is 12.3 Å². The Morgan fingerprint density at radius 2 is 1.72 bits per heavy atom. The summed E-state index contributed by atoms with van der Waals surface area (Å²) in [6.07, 6.45) is 6.26. The predicted octanol–water partition coefficient (Wildman–Crippen LogP) is 4.65. The van der Waals surface area contributed by atoms with E-state index in [-0.39, 0.29) is 59.5 Å². The summed E-state index contributed by atoms with van der Waals surface area (Å²) in [6.45, 7) is 9.03. The maximum Gasteiger partial charge on any atom is 0.262 e. The minimum absolute atomic E-state index is 0.000715. The number of sulfone groups is 1. The molecule has 17 heteroatoms. The highest BCUT2D eigenvalue weighted by molar-refractivity contribution is 7.91. The van der Waals surface area contributed by atoms with Crippen molar-refractivity contribution in [3.8, 4) is 0 Å². The molecule has 0 bridgehead atoms. The third-order valence-corrected chi connectivity index (χ3v) is 14.1. The van der Waals surface area contributed by atoms with E-state index in [1.165, 1.54) is 11.6 Å². The minimum atomic E-state index is -3.37. The first-order valence-electron chi connectivity index (χ1n) is 20.7. The van der Waals surface area contributed by atoms with Gasteiger partial charge in [-0.15, -0.1) is 0 Å². The molecule has 316 valence electrons. The van der Waals surface area contributed by atoms with Crippen LogP contribution in [0, 0.1) is 5.92 Å². The highest BCUT2D eigenvalue weighted by atomic mass is 32.2. The SMILES string of the molecule is COC1CCN(c2nccc(Nc3cc4c(C(C)C)ccc(N5C[C@H](CS(=O)(=O)CCCNc6ccc7c(c6)C(=O)N(C6CCC(=O)NC6=O)C7=O)[C@H]5C)c4cn3)n2)CC1. The molecule has 3 N–H and O–H groups in total. The molecule has 60 heavy (non-hydrogen) atoms. The van der Waals surface area contributed by atoms with Crippen molar-refractivity contribution in [1.29, 1.82) is 0 Å². The van der Waals surface area contributed by atoms with Gasteiger partial charge in [0.1, 0.15) is 17.7 Å². The number of aromatic nitrogens is 3. The average molecular weight is 838 g/mol. The van der Waals surface area contributed by atoms with Crippen LogP contribution in [0.5, 0.6) is 0 Å². The molecule has 1 unspecified atom stereocenters. The second kappa shape index (κ2) is 16.8. The van der Waals surface area contributed by atoms with Crippen molar-refractivity contribution >= 4 is 73.2 Å². The molecular weight excluding hydrogens is 787 g/mol. The molecule has 16 nitrogen and oxygen atoms in total. The maximum atomic E-state index is 13.3. The number of anilines is 5. The fourth-order valence-corrected chi connectivity index (χ4v) is 10.6. The molecular formula is C43H51N9O7S. The molecule has 0 saturated carbocycles. The number of pyridine rings is 1. The van der Waals surface area contributed by atoms with E-state index >= 15 is 0 Å². The molecule has 8 rings (SSSR count). The Morgan fingerprint density at radius 1 is 0.933 bits per heavy atom. The van der Waals surface area contributed by atoms with Crippen molar-refractivity contribution in [1.82, 2.24) is 25.2 Å². The molecule has 6 heterocycles. The van der Waals surface area contributed by atoms with Crippen LogP contribution in [0.4, 0.5) is 29.0 Å². The second-order valence-electron chi connectivity index (χ2n) is 16.5. The Bertz CT molecular complexity index is 2450. The molecule has 0 radical (unpaired) electrons. The van der Waals surface area contributed by atoms with E-state index in [9.17, 15) is 27.6 Å². The summed E-state index contributed by atoms with van der Waals surface area (Å²) in [7, 11) is -1.62. The van der Waals surface area contributed by atoms with Crippen LogP contribution in [-0.4, -0.2) is 115 Å². The fraction of sp³-hybridized carbons (Fsp3) is 0.465. The zero-order chi connectivity index (χ0) is 42.3. The predicted molar refractivity (Wildman–Crippen MR) is 229 cm³/mol. The number of nitrogens with one attached hydrogen (secondary N) is 3. The van der Waals surface area contributed by atoms with Gasteiger partial charge in [0, 0.05) is 80.8 Å². The highest BCUT2D eigenvalue weighted by Crippen LogP contribution is 2.40. The highest BCUT2D eigenvalue weighted by Gasteiger charge is 2.45. The standard InChI is InChI=1S/C43H51N9O7S/c1-25(2)30-8-9-35(34-22-46-38(21-32(30)34)47-37-12-16-45-43(48-37)50-17-13-29(59-4)14-18-50)51-23-27(26(51)3)24-60(57,58)19-5-15-44-28-6-7-31-33(20-28)42(56)52(41(31)55)36-10-11-39(53)49-40(36)54/h6-9,12,16,20-22,25-27,29,36,44H,5,10-11,13-15,17-19,23-24H2,1-4H3,(H,49,53,54)(H,45,46,47,48)/t26-,27-,36?/m1/s1. The van der Waals surface area contributed by atoms with Crippen LogP contribution in [0.1, 0.15) is 85.1 Å². The molecule has 2 aromatic carbocycles. The first-order chi connectivity index (χ1) is 28.8. The number of carbonyl (C=O) groups excluding carboxylic acids is 4. The zero-order valence-corrected chi connectivity index (χ0v) is 35.1. The lowest BCUT2D eigenvalue weighted by Gasteiger charge is -2.48. The molecule has 0 aliphatic carbocycles. The van der Waals surface area contributed by atoms with E-state index in [1.54, 1.807) is 25.4 Å². The number of imide groups is 2. The number of amides is 4. The number of carbonyl (C=O) groups is 4. The third-order valence-electron chi connectivity index (χ3n) is 12.3. The molecule has 3 fully saturated rings. The lowest BCUT2D eigenvalue weighted by molar-refractivity contribution is -0.136. The Kier molecular flexibility index (Phi) is 11.5. The molecule has 3 saturated heterocycles. The van der Waals surface area contributed by atoms with E-state index in [2.05, 4.69) is 69.7 Å². The molecule has 4 aliphatic rings. The van der Waals surface area contributed by atoms with Crippen molar-refractivity contribution in [2.75, 3.05) is 65.2 Å². The van der Waals surface area contributed by atoms with Crippen LogP contribution in [0.15, 0.2) is 54.9 Å². The van der Waals surface area contributed by atoms with Crippen molar-refractivity contribution in [2.24, 2.45) is 5.92 Å². The zero-order valence-electron chi connectivity index (χ0n) is 34.3. The largest absolute Gasteiger partial charge is 0.385 e. The van der Waals surface area contributed by atoms with E-state index < -0.39 is 39.5 Å². The van der Waals surface area contributed by atoms with Gasteiger partial charge in [-0.1, -0.05) is 19.9 Å². The summed E-state index contributed by atoms with van der Waals surface area (Å²) >= 11 is 0. The van der Waals surface area contributed by atoms with E-state index in [4.69, 9.17) is 14.7 Å². The first-order valence-corrected chi connectivity index (χ1v) is 22.5. The van der Waals surface area contributed by atoms with Gasteiger partial charge >= 0.3 is 0 Å². The summed E-state index contributed by atoms with van der Waals surface area (Å²) < 4.78 is 32.2. The van der Waals surface area contributed by atoms with Crippen LogP contribution < -0.4 is 25.8 Å². The summed E-state index contributed by atoms with van der Waals surface area (Å²) in [4.78, 5) is 69.6. The minimum Gasteiger partial charge on any atom is -0.385 e. The van der Waals surface area contributed by atoms with Gasteiger partial charge in [-0.3, -0.25) is 29.4 Å². The number of benzene rings is 2. The summed E-state index contributed by atoms with van der Waals surface area (Å²) in [6, 6.07) is 11.9. The number of nitrogens with zero attached hydrogens (tertiary/aromatic N) is 6. The molecule has 4 amide bonds. The summed E-state index contributed by atoms with van der Waals surface area (Å²) in [5, 5.41) is 10.9. The summed E-state index contributed by atoms with van der Waals surface area (Å²) in [5.41, 5.74) is 3.13. The number of hydrogen-bond acceptors (Lipinski definition) is 14. The van der Waals surface area contributed by atoms with Gasteiger partial charge < -0.3 is 25.2 Å². The molecule has 2 aromatic heterocycles. The van der Waals surface area contributed by atoms with Gasteiger partial charge in [-0.25, -0.2) is 18.4 Å². The molecule has 4 aliphatic heterocycles. The van der Waals surface area contributed by atoms with Crippen molar-refractivity contribution in [3.63, 3.8) is 0 Å². The Hall–Kier alpha value is -5.68. The van der Waals surface area contributed by atoms with Crippen LogP contribution in [0.2, 0.25) is 0 Å². The van der Waals surface area contributed by atoms with Crippen molar-refractivity contribution < 1.29 is 32.3 Å². The monoisotopic (exact) mass is 837 g/mol. The first kappa shape index (κ1) is 41.1. The van der Waals surface area contributed by atoms with Crippen LogP contribution in [0.3, 0.4) is 0 Å². The number of hydrogen-bond donors (Lipinski definition) is 3. The van der Waals surface area contributed by atoms with Crippen LogP contribution in [0.25, 0.3) is 10.8 Å². The average Bonchev–Trinajstić information content (AvgIpc) is 3.48. The normalized spacial score (nSPS) is 21.1. The van der Waals surface area contributed by atoms with Gasteiger partial charge in [0.15, 0.2) is 9.84 Å². The van der Waals surface area contributed by atoms with Gasteiger partial charge in [-0.05, 0) is 85.9 Å². The Balaban J connectivity index is 0.863. The smallest absolute Gasteiger partial charge is 0.262 e. The number of ether oxygens (including phenoxy) is 1. The third kappa shape index (κ3) is 8.24. The lowest BCUT2D eigenvalue weighted by atomic mass is 9.88. The Labute approximate surface area is 349 Å². The fourth-order valence-electron chi connectivity index (χ4n) is 8.77. The van der Waals surface area contributed by atoms with E-state index in [0.717, 1.165) is 47.3 Å². The second-order valence-corrected chi connectivity index (χ2v) is 18.7. The van der Waals surface area contributed by atoms with Gasteiger partial charge in [-0.2, -0.15) is 4.98 Å². The number of piperidine rings is 2. The number of fused-ring (bicyclic) bond motifs is 2. The van der Waals surface area contributed by atoms with Gasteiger partial charge in [0.05, 0.1) is 28.7 Å². The molecule has 0 spiro atoms. The number of rotatable bonds is 14.